The molecule has 0 spiro atoms. The normalized spacial score (nSPS) is 16.3. The van der Waals surface area contributed by atoms with Crippen molar-refractivity contribution in [1.29, 1.82) is 0 Å². The number of fused-ring (bicyclic) bond motifs is 1. The van der Waals surface area contributed by atoms with E-state index in [0.717, 1.165) is 37.0 Å². The van der Waals surface area contributed by atoms with Crippen molar-refractivity contribution in [1.82, 2.24) is 0 Å². The highest BCUT2D eigenvalue weighted by molar-refractivity contribution is 7.90. The highest BCUT2D eigenvalue weighted by atomic mass is 32.2. The summed E-state index contributed by atoms with van der Waals surface area (Å²) in [6, 6.07) is 27.6. The largest absolute Gasteiger partial charge is 0.488 e. The van der Waals surface area contributed by atoms with Gasteiger partial charge in [-0.1, -0.05) is 45.9 Å². The first-order valence-electron chi connectivity index (χ1n) is 14.7. The van der Waals surface area contributed by atoms with Gasteiger partial charge < -0.3 is 14.2 Å². The molecule has 42 heavy (non-hydrogen) atoms. The number of hydrogen-bond acceptors (Lipinski definition) is 5. The van der Waals surface area contributed by atoms with E-state index in [-0.39, 0.29) is 21.7 Å². The fraction of sp³-hybridized carbons (Fsp3) is 0.333. The highest BCUT2D eigenvalue weighted by Crippen LogP contribution is 2.44. The molecule has 5 rings (SSSR count). The minimum Gasteiger partial charge on any atom is -0.488 e. The summed E-state index contributed by atoms with van der Waals surface area (Å²) >= 11 is 0. The third-order valence-corrected chi connectivity index (χ3v) is 10.4. The minimum atomic E-state index is -3.47. The average molecular weight is 585 g/mol. The molecule has 4 aromatic rings. The van der Waals surface area contributed by atoms with Crippen LogP contribution in [0.1, 0.15) is 70.6 Å². The molecule has 5 nitrogen and oxygen atoms in total. The van der Waals surface area contributed by atoms with Gasteiger partial charge in [-0.15, -0.1) is 0 Å². The maximum atomic E-state index is 13.1. The molecule has 0 bridgehead atoms. The molecule has 0 aromatic heterocycles. The summed E-state index contributed by atoms with van der Waals surface area (Å²) in [4.78, 5) is 0.283. The van der Waals surface area contributed by atoms with E-state index < -0.39 is 9.84 Å². The lowest BCUT2D eigenvalue weighted by Gasteiger charge is -2.41. The number of sulfone groups is 1. The summed E-state index contributed by atoms with van der Waals surface area (Å²) < 4.78 is 44.3. The van der Waals surface area contributed by atoms with Crippen molar-refractivity contribution in [2.75, 3.05) is 0 Å². The molecule has 0 radical (unpaired) electrons. The van der Waals surface area contributed by atoms with E-state index in [1.54, 1.807) is 24.3 Å². The molecule has 1 atom stereocenters. The molecule has 220 valence electrons. The lowest BCUT2D eigenvalue weighted by molar-refractivity contribution is 0.0802. The van der Waals surface area contributed by atoms with Gasteiger partial charge in [0, 0.05) is 0 Å². The van der Waals surface area contributed by atoms with Crippen molar-refractivity contribution in [3.05, 3.63) is 108 Å². The second-order valence-corrected chi connectivity index (χ2v) is 13.7. The fourth-order valence-corrected chi connectivity index (χ4v) is 6.65. The van der Waals surface area contributed by atoms with Crippen LogP contribution in [0.2, 0.25) is 0 Å². The summed E-state index contributed by atoms with van der Waals surface area (Å²) in [6.07, 6.45) is 3.97. The van der Waals surface area contributed by atoms with Crippen molar-refractivity contribution in [2.24, 2.45) is 0 Å². The summed E-state index contributed by atoms with van der Waals surface area (Å²) in [5.41, 5.74) is 3.49. The molecular formula is C36H40O5S. The van der Waals surface area contributed by atoms with Gasteiger partial charge in [-0.25, -0.2) is 8.42 Å². The zero-order chi connectivity index (χ0) is 30.0. The van der Waals surface area contributed by atoms with E-state index in [1.165, 1.54) is 11.1 Å². The molecule has 1 aliphatic rings. The van der Waals surface area contributed by atoms with E-state index >= 15 is 0 Å². The topological polar surface area (TPSA) is 61.8 Å². The molecule has 6 heteroatoms. The van der Waals surface area contributed by atoms with Crippen LogP contribution in [-0.4, -0.2) is 14.0 Å². The Morgan fingerprint density at radius 3 is 1.64 bits per heavy atom. The summed E-state index contributed by atoms with van der Waals surface area (Å²) in [6.45, 7) is 10.8. The molecule has 0 saturated heterocycles. The first-order valence-corrected chi connectivity index (χ1v) is 16.4. The lowest BCUT2D eigenvalue weighted by Crippen LogP contribution is -2.35. The number of hydrogen-bond donors (Lipinski definition) is 0. The van der Waals surface area contributed by atoms with Crippen molar-refractivity contribution in [3.63, 3.8) is 0 Å². The monoisotopic (exact) mass is 584 g/mol. The van der Waals surface area contributed by atoms with Crippen molar-refractivity contribution in [3.8, 4) is 28.7 Å². The average Bonchev–Trinajstić information content (AvgIpc) is 2.98. The molecule has 0 N–H and O–H groups in total. The quantitative estimate of drug-likeness (QED) is 0.166. The van der Waals surface area contributed by atoms with Crippen LogP contribution in [0.4, 0.5) is 0 Å². The fourth-order valence-electron chi connectivity index (χ4n) is 5.32. The zero-order valence-corrected chi connectivity index (χ0v) is 26.0. The van der Waals surface area contributed by atoms with Crippen LogP contribution >= 0.6 is 0 Å². The van der Waals surface area contributed by atoms with Gasteiger partial charge in [-0.3, -0.25) is 0 Å². The Labute approximate surface area is 250 Å². The Kier molecular flexibility index (Phi) is 8.38. The van der Waals surface area contributed by atoms with Gasteiger partial charge in [0.25, 0.3) is 0 Å². The van der Waals surface area contributed by atoms with Crippen LogP contribution in [0.15, 0.2) is 95.9 Å². The minimum absolute atomic E-state index is 0.0165. The number of rotatable bonds is 12. The molecule has 0 aliphatic heterocycles. The van der Waals surface area contributed by atoms with Crippen molar-refractivity contribution in [2.45, 2.75) is 82.0 Å². The Bertz CT molecular complexity index is 1620. The van der Waals surface area contributed by atoms with Crippen LogP contribution in [0.25, 0.3) is 0 Å². The molecule has 4 aromatic carbocycles. The number of ether oxygens (including phenoxy) is 3. The molecular weight excluding hydrogens is 544 g/mol. The summed E-state index contributed by atoms with van der Waals surface area (Å²) in [7, 11) is -3.47. The molecule has 1 unspecified atom stereocenters. The van der Waals surface area contributed by atoms with E-state index in [0.29, 0.717) is 23.0 Å². The Morgan fingerprint density at radius 2 is 1.19 bits per heavy atom. The Morgan fingerprint density at radius 1 is 0.714 bits per heavy atom. The first-order chi connectivity index (χ1) is 20.0. The SMILES string of the molecule is CCC(C)(CC)Oc1ccc(Oc2ccc(Oc3ccc(S(=O)(=O)Cc4ccc5c(c4)CC5(C)CC)cc3)cc2)cc1. The molecule has 0 fully saturated rings. The third-order valence-electron chi connectivity index (χ3n) is 8.70. The third kappa shape index (κ3) is 6.49. The molecule has 0 amide bonds. The second-order valence-electron chi connectivity index (χ2n) is 11.7. The molecule has 0 saturated carbocycles. The van der Waals surface area contributed by atoms with E-state index in [1.807, 2.05) is 60.7 Å². The van der Waals surface area contributed by atoms with Crippen LogP contribution < -0.4 is 14.2 Å². The van der Waals surface area contributed by atoms with Gasteiger partial charge in [-0.2, -0.15) is 0 Å². The maximum Gasteiger partial charge on any atom is 0.182 e. The van der Waals surface area contributed by atoms with E-state index in [2.05, 4.69) is 40.7 Å². The predicted octanol–water partition coefficient (Wildman–Crippen LogP) is 9.43. The van der Waals surface area contributed by atoms with Gasteiger partial charge >= 0.3 is 0 Å². The molecule has 1 aliphatic carbocycles. The van der Waals surface area contributed by atoms with Gasteiger partial charge in [0.1, 0.15) is 34.3 Å². The first kappa shape index (κ1) is 29.7. The Hall–Kier alpha value is -3.77. The summed E-state index contributed by atoms with van der Waals surface area (Å²) in [5.74, 6) is 3.39. The predicted molar refractivity (Wildman–Crippen MR) is 168 cm³/mol. The van der Waals surface area contributed by atoms with Crippen LogP contribution in [-0.2, 0) is 27.4 Å². The number of benzene rings is 4. The van der Waals surface area contributed by atoms with Crippen LogP contribution in [0.3, 0.4) is 0 Å². The lowest BCUT2D eigenvalue weighted by atomic mass is 9.63. The standard InChI is InChI=1S/C36H40O5S/c1-6-35(4)24-27-23-26(9-22-34(27)35)25-42(37,38)33-20-18-31(19-21-33)40-29-12-10-28(11-13-29)39-30-14-16-32(17-15-30)41-36(5,7-2)8-3/h9-23H,6-8,24-25H2,1-5H3. The van der Waals surface area contributed by atoms with Gasteiger partial charge in [0.2, 0.25) is 0 Å². The van der Waals surface area contributed by atoms with E-state index in [9.17, 15) is 8.42 Å². The highest BCUT2D eigenvalue weighted by Gasteiger charge is 2.36. The van der Waals surface area contributed by atoms with E-state index in [4.69, 9.17) is 14.2 Å². The Balaban J connectivity index is 1.17. The smallest absolute Gasteiger partial charge is 0.182 e. The van der Waals surface area contributed by atoms with Gasteiger partial charge in [0.05, 0.1) is 10.6 Å². The van der Waals surface area contributed by atoms with Crippen LogP contribution in [0.5, 0.6) is 28.7 Å². The zero-order valence-electron chi connectivity index (χ0n) is 25.1. The summed E-state index contributed by atoms with van der Waals surface area (Å²) in [5, 5.41) is 0. The van der Waals surface area contributed by atoms with Crippen molar-refractivity contribution >= 4 is 9.84 Å². The van der Waals surface area contributed by atoms with Gasteiger partial charge in [-0.05, 0) is 128 Å². The van der Waals surface area contributed by atoms with Gasteiger partial charge in [0.15, 0.2) is 9.84 Å². The second kappa shape index (κ2) is 11.8. The van der Waals surface area contributed by atoms with Crippen molar-refractivity contribution < 1.29 is 22.6 Å². The molecule has 0 heterocycles. The maximum absolute atomic E-state index is 13.1. The van der Waals surface area contributed by atoms with Crippen LogP contribution in [0, 0.1) is 0 Å².